The molecule has 13 heteroatoms. The first-order chi connectivity index (χ1) is 31.0. The van der Waals surface area contributed by atoms with Crippen LogP contribution in [0.1, 0.15) is 206 Å². The standard InChI is InChI=1S/C51H93O12P/c1-3-5-7-9-11-13-15-17-19-21-23-24-26-28-30-32-34-36-38-40-45(52)62-44(43-61-64(58,59)63-51-49(56)47(54)46(53)48(55)50(51)57)42-60-41-39-37-35-33-31-29-27-25-22-20-18-16-14-12-10-8-6-4-2/h6,8,12,14,17-20,44,46-51,53-57H,3-5,7,9-11,13,15-16,21-43H2,1-2H3,(H,58,59)/b8-6-,14-12-,19-17-,20-18-. The van der Waals surface area contributed by atoms with Gasteiger partial charge in [0.2, 0.25) is 0 Å². The molecule has 0 radical (unpaired) electrons. The van der Waals surface area contributed by atoms with Gasteiger partial charge in [-0.25, -0.2) is 4.57 Å². The van der Waals surface area contributed by atoms with Gasteiger partial charge in [-0.05, 0) is 70.6 Å². The average molecular weight is 929 g/mol. The smallest absolute Gasteiger partial charge is 0.457 e. The molecular weight excluding hydrogens is 836 g/mol. The van der Waals surface area contributed by atoms with Crippen molar-refractivity contribution in [3.8, 4) is 0 Å². The van der Waals surface area contributed by atoms with Gasteiger partial charge in [-0.1, -0.05) is 178 Å². The number of aliphatic hydroxyl groups excluding tert-OH is 5. The lowest BCUT2D eigenvalue weighted by Gasteiger charge is -2.41. The average Bonchev–Trinajstić information content (AvgIpc) is 3.28. The summed E-state index contributed by atoms with van der Waals surface area (Å²) in [5, 5.41) is 50.3. The number of carbonyl (C=O) groups is 1. The number of carbonyl (C=O) groups excluding carboxylic acids is 1. The molecule has 0 bridgehead atoms. The summed E-state index contributed by atoms with van der Waals surface area (Å²) in [5.74, 6) is -0.482. The Kier molecular flexibility index (Phi) is 39.1. The van der Waals surface area contributed by atoms with Crippen LogP contribution in [0, 0.1) is 0 Å². The molecule has 6 N–H and O–H groups in total. The lowest BCUT2D eigenvalue weighted by molar-refractivity contribution is -0.220. The number of ether oxygens (including phenoxy) is 2. The van der Waals surface area contributed by atoms with Crippen LogP contribution < -0.4 is 0 Å². The molecule has 374 valence electrons. The van der Waals surface area contributed by atoms with E-state index in [-0.39, 0.29) is 13.0 Å². The summed E-state index contributed by atoms with van der Waals surface area (Å²) in [7, 11) is -5.03. The minimum atomic E-state index is -5.03. The molecular formula is C51H93O12P. The van der Waals surface area contributed by atoms with E-state index in [0.29, 0.717) is 13.0 Å². The minimum Gasteiger partial charge on any atom is -0.457 e. The second kappa shape index (κ2) is 41.5. The number of esters is 1. The zero-order valence-electron chi connectivity index (χ0n) is 40.1. The van der Waals surface area contributed by atoms with Gasteiger partial charge in [0.05, 0.1) is 13.2 Å². The fraction of sp³-hybridized carbons (Fsp3) is 0.824. The van der Waals surface area contributed by atoms with Crippen LogP contribution in [0.5, 0.6) is 0 Å². The van der Waals surface area contributed by atoms with Gasteiger partial charge in [-0.3, -0.25) is 13.8 Å². The lowest BCUT2D eigenvalue weighted by atomic mass is 9.85. The number of hydrogen-bond donors (Lipinski definition) is 6. The largest absolute Gasteiger partial charge is 0.472 e. The highest BCUT2D eigenvalue weighted by atomic mass is 31.2. The number of hydrogen-bond acceptors (Lipinski definition) is 11. The second-order valence-electron chi connectivity index (χ2n) is 17.6. The topological polar surface area (TPSA) is 192 Å². The third-order valence-electron chi connectivity index (χ3n) is 11.7. The Balaban J connectivity index is 2.35. The third kappa shape index (κ3) is 32.9. The first-order valence-electron chi connectivity index (χ1n) is 25.5. The summed E-state index contributed by atoms with van der Waals surface area (Å²) in [6, 6.07) is 0. The summed E-state index contributed by atoms with van der Waals surface area (Å²) >= 11 is 0. The number of aliphatic hydroxyl groups is 5. The molecule has 12 nitrogen and oxygen atoms in total. The van der Waals surface area contributed by atoms with Crippen LogP contribution in [-0.2, 0) is 27.9 Å². The van der Waals surface area contributed by atoms with Gasteiger partial charge >= 0.3 is 13.8 Å². The summed E-state index contributed by atoms with van der Waals surface area (Å²) in [4.78, 5) is 23.2. The van der Waals surface area contributed by atoms with Crippen LogP contribution >= 0.6 is 7.82 Å². The molecule has 1 aliphatic carbocycles. The highest BCUT2D eigenvalue weighted by molar-refractivity contribution is 7.47. The van der Waals surface area contributed by atoms with Crippen molar-refractivity contribution < 1.29 is 58.3 Å². The van der Waals surface area contributed by atoms with Crippen molar-refractivity contribution in [3.05, 3.63) is 48.6 Å². The molecule has 0 heterocycles. The fourth-order valence-corrected chi connectivity index (χ4v) is 8.63. The molecule has 0 spiro atoms. The maximum atomic E-state index is 12.8. The zero-order chi connectivity index (χ0) is 46.9. The van der Waals surface area contributed by atoms with Gasteiger partial charge < -0.3 is 39.9 Å². The van der Waals surface area contributed by atoms with Crippen molar-refractivity contribution in [2.45, 2.75) is 249 Å². The predicted octanol–water partition coefficient (Wildman–Crippen LogP) is 11.2. The van der Waals surface area contributed by atoms with Crippen LogP contribution in [0.25, 0.3) is 0 Å². The summed E-state index contributed by atoms with van der Waals surface area (Å²) < 4.78 is 34.3. The van der Waals surface area contributed by atoms with E-state index in [1.807, 2.05) is 0 Å². The van der Waals surface area contributed by atoms with Gasteiger partial charge in [0.1, 0.15) is 42.7 Å². The summed E-state index contributed by atoms with van der Waals surface area (Å²) in [5.41, 5.74) is 0. The Labute approximate surface area is 388 Å². The van der Waals surface area contributed by atoms with Crippen LogP contribution in [0.2, 0.25) is 0 Å². The van der Waals surface area contributed by atoms with E-state index < -0.39 is 63.1 Å². The number of rotatable bonds is 43. The molecule has 0 aliphatic heterocycles. The van der Waals surface area contributed by atoms with Gasteiger partial charge in [0.25, 0.3) is 0 Å². The van der Waals surface area contributed by atoms with Gasteiger partial charge in [-0.2, -0.15) is 0 Å². The molecule has 0 aromatic carbocycles. The second-order valence-corrected chi connectivity index (χ2v) is 19.0. The Bertz CT molecular complexity index is 1240. The van der Waals surface area contributed by atoms with Crippen LogP contribution in [-0.4, -0.2) is 98.9 Å². The molecule has 6 unspecified atom stereocenters. The van der Waals surface area contributed by atoms with E-state index in [0.717, 1.165) is 70.6 Å². The van der Waals surface area contributed by atoms with E-state index in [2.05, 4.69) is 62.5 Å². The van der Waals surface area contributed by atoms with E-state index in [4.69, 9.17) is 18.5 Å². The minimum absolute atomic E-state index is 0.0828. The maximum absolute atomic E-state index is 12.8. The molecule has 0 aromatic rings. The Morgan fingerprint density at radius 3 is 1.42 bits per heavy atom. The van der Waals surface area contributed by atoms with E-state index in [9.17, 15) is 39.8 Å². The van der Waals surface area contributed by atoms with Crippen molar-refractivity contribution in [1.29, 1.82) is 0 Å². The number of phosphoric ester groups is 1. The van der Waals surface area contributed by atoms with E-state index >= 15 is 0 Å². The van der Waals surface area contributed by atoms with Gasteiger partial charge in [0.15, 0.2) is 0 Å². The first kappa shape index (κ1) is 60.3. The molecule has 0 aromatic heterocycles. The number of allylic oxidation sites excluding steroid dienone is 8. The Hall–Kier alpha value is -1.70. The third-order valence-corrected chi connectivity index (χ3v) is 12.7. The summed E-state index contributed by atoms with van der Waals surface area (Å²) in [6.07, 6.45) is 38.9. The monoisotopic (exact) mass is 929 g/mol. The lowest BCUT2D eigenvalue weighted by Crippen LogP contribution is -2.64. The molecule has 0 saturated heterocycles. The molecule has 64 heavy (non-hydrogen) atoms. The number of phosphoric acid groups is 1. The van der Waals surface area contributed by atoms with Crippen molar-refractivity contribution >= 4 is 13.8 Å². The highest BCUT2D eigenvalue weighted by Gasteiger charge is 2.51. The highest BCUT2D eigenvalue weighted by Crippen LogP contribution is 2.47. The van der Waals surface area contributed by atoms with Crippen molar-refractivity contribution in [2.24, 2.45) is 0 Å². The molecule has 1 aliphatic rings. The SMILES string of the molecule is CC/C=C\C/C=C\C/C=C\CCCCCCCCCCOCC(COP(=O)(O)OC1C(O)C(O)C(O)C(O)C1O)OC(=O)CCCCCCCCCCC/C=C\CCCCCCCC. The van der Waals surface area contributed by atoms with Crippen LogP contribution in [0.4, 0.5) is 0 Å². The normalized spacial score (nSPS) is 22.1. The molecule has 1 saturated carbocycles. The zero-order valence-corrected chi connectivity index (χ0v) is 41.0. The maximum Gasteiger partial charge on any atom is 0.472 e. The Morgan fingerprint density at radius 2 is 0.922 bits per heavy atom. The molecule has 6 atom stereocenters. The quantitative estimate of drug-likeness (QED) is 0.0147. The van der Waals surface area contributed by atoms with Crippen molar-refractivity contribution in [1.82, 2.24) is 0 Å². The van der Waals surface area contributed by atoms with Gasteiger partial charge in [-0.15, -0.1) is 0 Å². The predicted molar refractivity (Wildman–Crippen MR) is 258 cm³/mol. The fourth-order valence-electron chi connectivity index (χ4n) is 7.66. The molecule has 1 rings (SSSR count). The van der Waals surface area contributed by atoms with Crippen LogP contribution in [0.15, 0.2) is 48.6 Å². The van der Waals surface area contributed by atoms with E-state index in [1.165, 1.54) is 109 Å². The first-order valence-corrected chi connectivity index (χ1v) is 27.0. The van der Waals surface area contributed by atoms with Gasteiger partial charge in [0, 0.05) is 13.0 Å². The molecule has 1 fully saturated rings. The Morgan fingerprint density at radius 1 is 0.516 bits per heavy atom. The van der Waals surface area contributed by atoms with Crippen molar-refractivity contribution in [3.63, 3.8) is 0 Å². The van der Waals surface area contributed by atoms with E-state index in [1.54, 1.807) is 0 Å². The van der Waals surface area contributed by atoms with Crippen LogP contribution in [0.3, 0.4) is 0 Å². The summed E-state index contributed by atoms with van der Waals surface area (Å²) in [6.45, 7) is 4.15. The molecule has 0 amide bonds. The number of unbranched alkanes of at least 4 members (excludes halogenated alkanes) is 23. The van der Waals surface area contributed by atoms with Crippen molar-refractivity contribution in [2.75, 3.05) is 19.8 Å².